The van der Waals surface area contributed by atoms with Gasteiger partial charge in [0.05, 0.1) is 5.60 Å². The molecule has 1 fully saturated rings. The number of aliphatic hydroxyl groups is 1. The molecule has 2 unspecified atom stereocenters. The number of rotatable bonds is 5. The molecule has 0 aromatic rings. The first-order valence-corrected chi connectivity index (χ1v) is 7.48. The third kappa shape index (κ3) is 6.29. The minimum Gasteiger partial charge on any atom is -0.421 e. The number of hydrogen-bond acceptors (Lipinski definition) is 5. The number of hydrogen-bond donors (Lipinski definition) is 1. The summed E-state index contributed by atoms with van der Waals surface area (Å²) in [5.41, 5.74) is -0.925. The molecule has 1 aliphatic rings. The molecule has 1 N–H and O–H groups in total. The van der Waals surface area contributed by atoms with E-state index < -0.39 is 23.8 Å². The smallest absolute Gasteiger partial charge is 0.305 e. The molecule has 0 radical (unpaired) electrons. The molecule has 0 amide bonds. The van der Waals surface area contributed by atoms with Crippen LogP contribution in [0.2, 0.25) is 0 Å². The highest BCUT2D eigenvalue weighted by Crippen LogP contribution is 2.37. The van der Waals surface area contributed by atoms with Crippen LogP contribution < -0.4 is 0 Å². The van der Waals surface area contributed by atoms with Crippen LogP contribution in [0.4, 0.5) is 0 Å². The van der Waals surface area contributed by atoms with Gasteiger partial charge < -0.3 is 14.6 Å². The van der Waals surface area contributed by atoms with Crippen LogP contribution in [0.25, 0.3) is 0 Å². The molecule has 1 saturated carbocycles. The fraction of sp³-hybridized carbons (Fsp3) is 0.750. The molecule has 5 heteroatoms. The fourth-order valence-electron chi connectivity index (χ4n) is 2.74. The minimum absolute atomic E-state index is 0.467. The topological polar surface area (TPSA) is 72.8 Å². The largest absolute Gasteiger partial charge is 0.421 e. The first-order valence-electron chi connectivity index (χ1n) is 7.48. The van der Waals surface area contributed by atoms with Crippen molar-refractivity contribution >= 4 is 11.9 Å². The average molecular weight is 298 g/mol. The Morgan fingerprint density at radius 3 is 2.29 bits per heavy atom. The van der Waals surface area contributed by atoms with E-state index in [9.17, 15) is 14.7 Å². The van der Waals surface area contributed by atoms with Crippen molar-refractivity contribution in [3.63, 3.8) is 0 Å². The summed E-state index contributed by atoms with van der Waals surface area (Å²) >= 11 is 0. The van der Waals surface area contributed by atoms with Gasteiger partial charge in [0.25, 0.3) is 6.29 Å². The Morgan fingerprint density at radius 1 is 1.24 bits per heavy atom. The van der Waals surface area contributed by atoms with Crippen LogP contribution in [0.5, 0.6) is 0 Å². The molecule has 0 aliphatic heterocycles. The summed E-state index contributed by atoms with van der Waals surface area (Å²) in [6.45, 7) is 6.80. The van der Waals surface area contributed by atoms with E-state index in [1.54, 1.807) is 6.08 Å². The van der Waals surface area contributed by atoms with E-state index in [1.165, 1.54) is 19.9 Å². The van der Waals surface area contributed by atoms with Gasteiger partial charge in [0.1, 0.15) is 0 Å². The summed E-state index contributed by atoms with van der Waals surface area (Å²) in [7, 11) is 0. The molecule has 0 heterocycles. The van der Waals surface area contributed by atoms with Gasteiger partial charge in [-0.3, -0.25) is 9.59 Å². The molecule has 0 bridgehead atoms. The van der Waals surface area contributed by atoms with Gasteiger partial charge in [-0.2, -0.15) is 0 Å². The van der Waals surface area contributed by atoms with Crippen LogP contribution in [-0.2, 0) is 19.1 Å². The van der Waals surface area contributed by atoms with Crippen molar-refractivity contribution in [2.45, 2.75) is 65.3 Å². The number of carbonyl (C=O) groups is 2. The number of esters is 2. The zero-order valence-electron chi connectivity index (χ0n) is 13.3. The third-order valence-electron chi connectivity index (χ3n) is 3.87. The predicted molar refractivity (Wildman–Crippen MR) is 78.2 cm³/mol. The van der Waals surface area contributed by atoms with Crippen LogP contribution in [-0.4, -0.2) is 28.9 Å². The summed E-state index contributed by atoms with van der Waals surface area (Å²) in [6, 6.07) is 0. The second-order valence-corrected chi connectivity index (χ2v) is 6.15. The first kappa shape index (κ1) is 17.7. The van der Waals surface area contributed by atoms with E-state index >= 15 is 0 Å². The maximum absolute atomic E-state index is 11.0. The lowest BCUT2D eigenvalue weighted by Gasteiger charge is -2.36. The van der Waals surface area contributed by atoms with Crippen molar-refractivity contribution in [2.24, 2.45) is 11.8 Å². The SMILES string of the molecule is CC(=O)OC(C=CC1(O)CCCC(C(C)C)C1)OC(C)=O. The molecule has 21 heavy (non-hydrogen) atoms. The summed E-state index contributed by atoms with van der Waals surface area (Å²) in [6.07, 6.45) is 5.39. The van der Waals surface area contributed by atoms with Gasteiger partial charge in [0.15, 0.2) is 0 Å². The molecule has 0 aromatic carbocycles. The van der Waals surface area contributed by atoms with Gasteiger partial charge in [0, 0.05) is 13.8 Å². The van der Waals surface area contributed by atoms with Crippen molar-refractivity contribution in [3.05, 3.63) is 12.2 Å². The molecule has 1 aliphatic carbocycles. The molecule has 2 atom stereocenters. The van der Waals surface area contributed by atoms with Crippen molar-refractivity contribution < 1.29 is 24.2 Å². The van der Waals surface area contributed by atoms with Gasteiger partial charge in [-0.15, -0.1) is 0 Å². The molecule has 0 aromatic heterocycles. The predicted octanol–water partition coefficient (Wildman–Crippen LogP) is 2.57. The average Bonchev–Trinajstić information content (AvgIpc) is 2.35. The van der Waals surface area contributed by atoms with Crippen molar-refractivity contribution in [1.29, 1.82) is 0 Å². The Labute approximate surface area is 126 Å². The second-order valence-electron chi connectivity index (χ2n) is 6.15. The summed E-state index contributed by atoms with van der Waals surface area (Å²) < 4.78 is 9.78. The molecular formula is C16H26O5. The van der Waals surface area contributed by atoms with Crippen molar-refractivity contribution in [2.75, 3.05) is 0 Å². The van der Waals surface area contributed by atoms with E-state index in [0.717, 1.165) is 12.8 Å². The lowest BCUT2D eigenvalue weighted by Crippen LogP contribution is -2.35. The molecule has 0 saturated heterocycles. The molecule has 5 nitrogen and oxygen atoms in total. The number of carbonyl (C=O) groups excluding carboxylic acids is 2. The Hall–Kier alpha value is -1.36. The highest BCUT2D eigenvalue weighted by Gasteiger charge is 2.33. The van der Waals surface area contributed by atoms with Crippen LogP contribution in [0, 0.1) is 11.8 Å². The summed E-state index contributed by atoms with van der Waals surface area (Å²) in [4.78, 5) is 22.0. The van der Waals surface area contributed by atoms with Gasteiger partial charge in [0.2, 0.25) is 0 Å². The Morgan fingerprint density at radius 2 is 1.81 bits per heavy atom. The quantitative estimate of drug-likeness (QED) is 0.480. The summed E-state index contributed by atoms with van der Waals surface area (Å²) in [5, 5.41) is 10.6. The van der Waals surface area contributed by atoms with E-state index in [1.807, 2.05) is 0 Å². The first-order chi connectivity index (χ1) is 9.72. The van der Waals surface area contributed by atoms with Gasteiger partial charge in [-0.25, -0.2) is 0 Å². The zero-order valence-corrected chi connectivity index (χ0v) is 13.3. The Bertz CT molecular complexity index is 385. The van der Waals surface area contributed by atoms with E-state index in [0.29, 0.717) is 24.7 Å². The highest BCUT2D eigenvalue weighted by molar-refractivity contribution is 5.68. The monoisotopic (exact) mass is 298 g/mol. The lowest BCUT2D eigenvalue weighted by molar-refractivity contribution is -0.176. The standard InChI is InChI=1S/C16H26O5/c1-11(2)14-6-5-8-16(19,10-14)9-7-15(20-12(3)17)21-13(4)18/h7,9,11,14-15,19H,5-6,8,10H2,1-4H3. The Kier molecular flexibility index (Phi) is 6.40. The van der Waals surface area contributed by atoms with Gasteiger partial charge in [-0.1, -0.05) is 13.8 Å². The summed E-state index contributed by atoms with van der Waals surface area (Å²) in [5.74, 6) is -0.0968. The van der Waals surface area contributed by atoms with Gasteiger partial charge in [-0.05, 0) is 49.7 Å². The maximum atomic E-state index is 11.0. The Balaban J connectivity index is 2.73. The highest BCUT2D eigenvalue weighted by atomic mass is 16.7. The molecule has 1 rings (SSSR count). The molecule has 120 valence electrons. The van der Waals surface area contributed by atoms with Gasteiger partial charge >= 0.3 is 11.9 Å². The van der Waals surface area contributed by atoms with Crippen molar-refractivity contribution in [3.8, 4) is 0 Å². The second kappa shape index (κ2) is 7.59. The van der Waals surface area contributed by atoms with E-state index in [2.05, 4.69) is 13.8 Å². The third-order valence-corrected chi connectivity index (χ3v) is 3.87. The van der Waals surface area contributed by atoms with E-state index in [4.69, 9.17) is 9.47 Å². The molecular weight excluding hydrogens is 272 g/mol. The van der Waals surface area contributed by atoms with Crippen LogP contribution in [0.15, 0.2) is 12.2 Å². The molecule has 0 spiro atoms. The van der Waals surface area contributed by atoms with Crippen molar-refractivity contribution in [1.82, 2.24) is 0 Å². The van der Waals surface area contributed by atoms with Crippen LogP contribution >= 0.6 is 0 Å². The maximum Gasteiger partial charge on any atom is 0.305 e. The fourth-order valence-corrected chi connectivity index (χ4v) is 2.74. The van der Waals surface area contributed by atoms with Crippen LogP contribution in [0.3, 0.4) is 0 Å². The normalized spacial score (nSPS) is 26.3. The number of ether oxygens (including phenoxy) is 2. The van der Waals surface area contributed by atoms with Crippen LogP contribution in [0.1, 0.15) is 53.4 Å². The minimum atomic E-state index is -1.08. The lowest BCUT2D eigenvalue weighted by atomic mass is 9.73. The zero-order chi connectivity index (χ0) is 16.0. The van der Waals surface area contributed by atoms with E-state index in [-0.39, 0.29) is 0 Å².